The van der Waals surface area contributed by atoms with Crippen molar-refractivity contribution in [3.8, 4) is 11.5 Å². The first-order valence-corrected chi connectivity index (χ1v) is 20.2. The maximum atomic E-state index is 13.6. The van der Waals surface area contributed by atoms with Crippen LogP contribution in [0.5, 0.6) is 11.5 Å². The van der Waals surface area contributed by atoms with Crippen molar-refractivity contribution in [1.82, 2.24) is 25.4 Å². The number of nitrogens with one attached hydrogen (secondary N) is 3. The van der Waals surface area contributed by atoms with Gasteiger partial charge in [-0.3, -0.25) is 14.5 Å². The van der Waals surface area contributed by atoms with E-state index in [1.54, 1.807) is 12.1 Å². The van der Waals surface area contributed by atoms with Crippen LogP contribution >= 0.6 is 0 Å². The smallest absolute Gasteiger partial charge is 0.408 e. The van der Waals surface area contributed by atoms with Gasteiger partial charge in [0.15, 0.2) is 0 Å². The summed E-state index contributed by atoms with van der Waals surface area (Å²) in [6.45, 7) is 8.60. The third-order valence-electron chi connectivity index (χ3n) is 11.3. The van der Waals surface area contributed by atoms with Crippen LogP contribution in [0.15, 0.2) is 108 Å². The molecule has 1 unspecified atom stereocenters. The number of aliphatic hydroxyl groups is 1. The monoisotopic (exact) mass is 787 g/mol. The number of aromatic hydroxyl groups is 1. The summed E-state index contributed by atoms with van der Waals surface area (Å²) in [6, 6.07) is 30.7. The molecule has 3 saturated heterocycles. The Bertz CT molecular complexity index is 2220. The van der Waals surface area contributed by atoms with E-state index >= 15 is 0 Å². The second-order valence-corrected chi connectivity index (χ2v) is 15.6. The zero-order valence-electron chi connectivity index (χ0n) is 33.1. The van der Waals surface area contributed by atoms with E-state index in [0.29, 0.717) is 59.8 Å². The van der Waals surface area contributed by atoms with Crippen LogP contribution in [0.25, 0.3) is 10.9 Å². The van der Waals surface area contributed by atoms with Crippen LogP contribution in [0.1, 0.15) is 77.9 Å². The van der Waals surface area contributed by atoms with Crippen LogP contribution in [-0.2, 0) is 11.3 Å². The minimum absolute atomic E-state index is 0.0182. The van der Waals surface area contributed by atoms with Crippen molar-refractivity contribution in [1.29, 1.82) is 0 Å². The third kappa shape index (κ3) is 9.87. The average molecular weight is 788 g/mol. The number of fused-ring (bicyclic) bond motifs is 4. The molecule has 2 bridgehead atoms. The number of aliphatic hydroxyl groups excluding tert-OH is 1. The number of phenolic OH excluding ortho intramolecular Hbond substituents is 1. The fourth-order valence-corrected chi connectivity index (χ4v) is 8.07. The molecule has 58 heavy (non-hydrogen) atoms. The van der Waals surface area contributed by atoms with Gasteiger partial charge in [0, 0.05) is 42.7 Å². The quantitative estimate of drug-likeness (QED) is 0.0726. The van der Waals surface area contributed by atoms with Crippen LogP contribution in [0.3, 0.4) is 0 Å². The van der Waals surface area contributed by atoms with E-state index in [1.807, 2.05) is 97.6 Å². The van der Waals surface area contributed by atoms with Gasteiger partial charge in [0.1, 0.15) is 24.2 Å². The number of nitrogens with zero attached hydrogens (tertiary/aromatic N) is 2. The standard InChI is InChI=1S/C46H53N5O7/c1-30(2)51(23-7-22-47-27-40(53)37-16-18-39(52)44-38(37)17-19-42(54)48-44)45(55)34-14-12-31(13-15-34)29-57-36-11-6-10-35(26-36)43(33-8-4-3-5-9-33)49-46(56)58-41-28-50-24-20-32(41)21-25-50/h3-6,8-19,26,30,32,40-41,43,47,52-53H,7,20-25,27-29H2,1-2H3,(H,48,54)(H,49,56)/t40-,41+,43?/m1/s1. The molecule has 4 heterocycles. The van der Waals surface area contributed by atoms with Crippen LogP contribution in [-0.4, -0.2) is 88.4 Å². The number of pyridine rings is 1. The Morgan fingerprint density at radius 3 is 2.41 bits per heavy atom. The van der Waals surface area contributed by atoms with E-state index in [0.717, 1.165) is 49.2 Å². The molecule has 0 radical (unpaired) electrons. The second kappa shape index (κ2) is 18.7. The molecule has 3 atom stereocenters. The van der Waals surface area contributed by atoms with Gasteiger partial charge in [-0.1, -0.05) is 60.7 Å². The number of alkyl carbamates (subject to hydrolysis) is 1. The molecule has 12 nitrogen and oxygen atoms in total. The van der Waals surface area contributed by atoms with Crippen LogP contribution in [0.2, 0.25) is 0 Å². The van der Waals surface area contributed by atoms with Crippen LogP contribution in [0.4, 0.5) is 4.79 Å². The zero-order valence-corrected chi connectivity index (χ0v) is 33.1. The van der Waals surface area contributed by atoms with E-state index in [4.69, 9.17) is 9.47 Å². The number of hydrogen-bond acceptors (Lipinski definition) is 9. The number of amides is 2. The number of rotatable bonds is 16. The highest BCUT2D eigenvalue weighted by Gasteiger charge is 2.37. The summed E-state index contributed by atoms with van der Waals surface area (Å²) >= 11 is 0. The molecule has 12 heteroatoms. The number of aromatic amines is 1. The Kier molecular flexibility index (Phi) is 13.1. The average Bonchev–Trinajstić information content (AvgIpc) is 3.24. The van der Waals surface area contributed by atoms with Crippen molar-refractivity contribution < 1.29 is 29.3 Å². The van der Waals surface area contributed by atoms with Gasteiger partial charge in [-0.25, -0.2) is 4.79 Å². The highest BCUT2D eigenvalue weighted by Crippen LogP contribution is 2.31. The van der Waals surface area contributed by atoms with Gasteiger partial charge in [-0.05, 0) is 117 Å². The fourth-order valence-electron chi connectivity index (χ4n) is 8.07. The maximum Gasteiger partial charge on any atom is 0.408 e. The predicted molar refractivity (Wildman–Crippen MR) is 223 cm³/mol. The molecular formula is C46H53N5O7. The summed E-state index contributed by atoms with van der Waals surface area (Å²) in [5, 5.41) is 28.0. The number of phenols is 1. The van der Waals surface area contributed by atoms with Gasteiger partial charge < -0.3 is 40.2 Å². The number of carbonyl (C=O) groups excluding carboxylic acids is 2. The molecule has 5 N–H and O–H groups in total. The molecule has 8 rings (SSSR count). The lowest BCUT2D eigenvalue weighted by molar-refractivity contribution is -0.0336. The summed E-state index contributed by atoms with van der Waals surface area (Å²) in [5.74, 6) is 0.959. The zero-order chi connectivity index (χ0) is 40.6. The first-order chi connectivity index (χ1) is 28.1. The summed E-state index contributed by atoms with van der Waals surface area (Å²) < 4.78 is 12.2. The predicted octanol–water partition coefficient (Wildman–Crippen LogP) is 6.29. The second-order valence-electron chi connectivity index (χ2n) is 15.6. The van der Waals surface area contributed by atoms with E-state index in [-0.39, 0.29) is 35.9 Å². The summed E-state index contributed by atoms with van der Waals surface area (Å²) in [4.78, 5) is 45.4. The minimum Gasteiger partial charge on any atom is -0.506 e. The first-order valence-electron chi connectivity index (χ1n) is 20.2. The van der Waals surface area contributed by atoms with Gasteiger partial charge in [0.05, 0.1) is 17.7 Å². The Morgan fingerprint density at radius 2 is 1.69 bits per heavy atom. The largest absolute Gasteiger partial charge is 0.506 e. The Balaban J connectivity index is 0.908. The first kappa shape index (κ1) is 40.5. The lowest BCUT2D eigenvalue weighted by Crippen LogP contribution is -2.52. The molecule has 3 aliphatic heterocycles. The number of benzene rings is 4. The normalized spacial score (nSPS) is 18.4. The number of carbonyl (C=O) groups is 2. The number of piperidine rings is 3. The molecule has 2 amide bonds. The van der Waals surface area contributed by atoms with Crippen LogP contribution in [0, 0.1) is 5.92 Å². The highest BCUT2D eigenvalue weighted by molar-refractivity contribution is 5.94. The number of hydrogen-bond donors (Lipinski definition) is 5. The lowest BCUT2D eigenvalue weighted by Gasteiger charge is -2.43. The van der Waals surface area contributed by atoms with Gasteiger partial charge >= 0.3 is 6.09 Å². The van der Waals surface area contributed by atoms with E-state index in [2.05, 4.69) is 20.5 Å². The third-order valence-corrected chi connectivity index (χ3v) is 11.3. The topological polar surface area (TPSA) is 156 Å². The Hall–Kier alpha value is -5.69. The van der Waals surface area contributed by atoms with Crippen molar-refractivity contribution in [3.63, 3.8) is 0 Å². The molecule has 0 spiro atoms. The maximum absolute atomic E-state index is 13.6. The van der Waals surface area contributed by atoms with Crippen molar-refractivity contribution in [2.24, 2.45) is 5.92 Å². The molecule has 0 saturated carbocycles. The van der Waals surface area contributed by atoms with E-state index in [9.17, 15) is 24.6 Å². The summed E-state index contributed by atoms with van der Waals surface area (Å²) in [7, 11) is 0. The minimum atomic E-state index is -0.859. The van der Waals surface area contributed by atoms with Crippen molar-refractivity contribution in [3.05, 3.63) is 141 Å². The molecule has 0 aliphatic carbocycles. The Morgan fingerprint density at radius 1 is 0.931 bits per heavy atom. The number of aromatic nitrogens is 1. The van der Waals surface area contributed by atoms with Crippen molar-refractivity contribution >= 4 is 22.9 Å². The molecule has 5 aromatic rings. The van der Waals surface area contributed by atoms with Gasteiger partial charge in [0.2, 0.25) is 5.56 Å². The highest BCUT2D eigenvalue weighted by atomic mass is 16.6. The van der Waals surface area contributed by atoms with Gasteiger partial charge in [0.25, 0.3) is 5.91 Å². The SMILES string of the molecule is CC(C)N(CCCNC[C@@H](O)c1ccc(O)c2[nH]c(=O)ccc12)C(=O)c1ccc(COc2cccc(C(NC(=O)O[C@H]3CN4CCC3CC4)c3ccccc3)c2)cc1. The van der Waals surface area contributed by atoms with Crippen LogP contribution < -0.4 is 20.9 Å². The summed E-state index contributed by atoms with van der Waals surface area (Å²) in [5.41, 5.74) is 3.87. The van der Waals surface area contributed by atoms with E-state index in [1.165, 1.54) is 12.1 Å². The molecule has 4 aromatic carbocycles. The number of ether oxygens (including phenoxy) is 2. The molecule has 304 valence electrons. The van der Waals surface area contributed by atoms with E-state index < -0.39 is 18.2 Å². The van der Waals surface area contributed by atoms with Gasteiger partial charge in [-0.15, -0.1) is 0 Å². The molecule has 1 aromatic heterocycles. The Labute approximate surface area is 338 Å². The number of H-pyrrole nitrogens is 1. The summed E-state index contributed by atoms with van der Waals surface area (Å²) in [6.07, 6.45) is 1.44. The lowest BCUT2D eigenvalue weighted by atomic mass is 9.86. The van der Waals surface area contributed by atoms with Gasteiger partial charge in [-0.2, -0.15) is 0 Å². The fraction of sp³-hybridized carbons (Fsp3) is 0.370. The van der Waals surface area contributed by atoms with Crippen molar-refractivity contribution in [2.75, 3.05) is 39.3 Å². The molecule has 3 aliphatic rings. The molecular weight excluding hydrogens is 735 g/mol. The molecule has 3 fully saturated rings. The van der Waals surface area contributed by atoms with Crippen molar-refractivity contribution in [2.45, 2.75) is 64.0 Å².